The molecule has 3 rings (SSSR count). The fraction of sp³-hybridized carbons (Fsp3) is 0.412. The van der Waals surface area contributed by atoms with Crippen LogP contribution in [0.15, 0.2) is 27.6 Å². The Labute approximate surface area is 157 Å². The first-order valence-corrected chi connectivity index (χ1v) is 9.89. The van der Waals surface area contributed by atoms with E-state index < -0.39 is 15.9 Å². The molecule has 10 heteroatoms. The van der Waals surface area contributed by atoms with Gasteiger partial charge < -0.3 is 19.3 Å². The first-order valence-electron chi connectivity index (χ1n) is 8.45. The molecule has 0 unspecified atom stereocenters. The predicted molar refractivity (Wildman–Crippen MR) is 96.5 cm³/mol. The Hall–Kier alpha value is -2.59. The molecule has 27 heavy (non-hydrogen) atoms. The van der Waals surface area contributed by atoms with Gasteiger partial charge in [0.05, 0.1) is 6.54 Å². The number of carbonyl (C=O) groups is 1. The molecule has 1 amide bonds. The average Bonchev–Trinajstić information content (AvgIpc) is 2.98. The van der Waals surface area contributed by atoms with E-state index in [-0.39, 0.29) is 29.4 Å². The molecule has 1 N–H and O–H groups in total. The van der Waals surface area contributed by atoms with Crippen molar-refractivity contribution in [3.63, 3.8) is 0 Å². The van der Waals surface area contributed by atoms with Crippen molar-refractivity contribution in [1.82, 2.24) is 9.46 Å². The molecule has 0 spiro atoms. The summed E-state index contributed by atoms with van der Waals surface area (Å²) in [6.45, 7) is 5.43. The molecule has 0 saturated carbocycles. The number of aromatic nitrogens is 1. The van der Waals surface area contributed by atoms with Gasteiger partial charge in [0.1, 0.15) is 23.8 Å². The molecule has 1 aromatic heterocycles. The highest BCUT2D eigenvalue weighted by molar-refractivity contribution is 7.89. The number of aryl methyl sites for hydroxylation is 2. The number of fused-ring (bicyclic) bond motifs is 1. The third kappa shape index (κ3) is 3.91. The monoisotopic (exact) mass is 395 g/mol. The topological polar surface area (TPSA) is 111 Å². The van der Waals surface area contributed by atoms with Crippen LogP contribution in [0.2, 0.25) is 0 Å². The summed E-state index contributed by atoms with van der Waals surface area (Å²) in [5.41, 5.74) is 0.758. The summed E-state index contributed by atoms with van der Waals surface area (Å²) >= 11 is 0. The molecule has 2 heterocycles. The minimum atomic E-state index is -3.90. The SMILES string of the molecule is CCN(CC(=O)Nc1ccc2c(c1)OCCO2)S(=O)(=O)c1c(C)noc1C. The number of amides is 1. The minimum absolute atomic E-state index is 0.00326. The number of anilines is 1. The first kappa shape index (κ1) is 19.2. The van der Waals surface area contributed by atoms with Gasteiger partial charge in [-0.1, -0.05) is 12.1 Å². The second kappa shape index (κ2) is 7.57. The van der Waals surface area contributed by atoms with Crippen molar-refractivity contribution in [1.29, 1.82) is 0 Å². The van der Waals surface area contributed by atoms with Crippen LogP contribution in [0.1, 0.15) is 18.4 Å². The van der Waals surface area contributed by atoms with Crippen molar-refractivity contribution >= 4 is 21.6 Å². The van der Waals surface area contributed by atoms with Crippen molar-refractivity contribution in [2.24, 2.45) is 0 Å². The van der Waals surface area contributed by atoms with E-state index >= 15 is 0 Å². The van der Waals surface area contributed by atoms with Crippen molar-refractivity contribution in [3.05, 3.63) is 29.7 Å². The van der Waals surface area contributed by atoms with Gasteiger partial charge in [-0.05, 0) is 26.0 Å². The number of nitrogens with zero attached hydrogens (tertiary/aromatic N) is 2. The zero-order valence-corrected chi connectivity index (χ0v) is 16.1. The van der Waals surface area contributed by atoms with Crippen molar-refractivity contribution in [2.75, 3.05) is 31.6 Å². The third-order valence-electron chi connectivity index (χ3n) is 4.06. The molecule has 0 aliphatic carbocycles. The van der Waals surface area contributed by atoms with Gasteiger partial charge in [0.25, 0.3) is 0 Å². The van der Waals surface area contributed by atoms with Gasteiger partial charge in [-0.15, -0.1) is 0 Å². The molecular formula is C17H21N3O6S. The van der Waals surface area contributed by atoms with Crippen LogP contribution in [0, 0.1) is 13.8 Å². The number of carbonyl (C=O) groups excluding carboxylic acids is 1. The Morgan fingerprint density at radius 3 is 2.56 bits per heavy atom. The summed E-state index contributed by atoms with van der Waals surface area (Å²) in [6.07, 6.45) is 0. The van der Waals surface area contributed by atoms with Gasteiger partial charge in [-0.2, -0.15) is 4.31 Å². The predicted octanol–water partition coefficient (Wildman–Crippen LogP) is 1.71. The van der Waals surface area contributed by atoms with E-state index in [0.29, 0.717) is 30.4 Å². The molecule has 1 aliphatic rings. The Morgan fingerprint density at radius 1 is 1.22 bits per heavy atom. The van der Waals surface area contributed by atoms with Crippen LogP contribution >= 0.6 is 0 Å². The molecule has 0 saturated heterocycles. The van der Waals surface area contributed by atoms with E-state index in [1.165, 1.54) is 6.92 Å². The largest absolute Gasteiger partial charge is 0.486 e. The van der Waals surface area contributed by atoms with Crippen LogP contribution in [-0.4, -0.2) is 50.1 Å². The maximum absolute atomic E-state index is 12.9. The number of ether oxygens (including phenoxy) is 2. The Kier molecular flexibility index (Phi) is 5.38. The number of benzene rings is 1. The molecule has 0 fully saturated rings. The van der Waals surface area contributed by atoms with Gasteiger partial charge in [0.2, 0.25) is 15.9 Å². The summed E-state index contributed by atoms with van der Waals surface area (Å²) in [6, 6.07) is 5.01. The Balaban J connectivity index is 1.74. The molecule has 0 bridgehead atoms. The number of hydrogen-bond acceptors (Lipinski definition) is 7. The average molecular weight is 395 g/mol. The molecule has 146 valence electrons. The molecule has 0 atom stereocenters. The second-order valence-corrected chi connectivity index (χ2v) is 7.87. The smallest absolute Gasteiger partial charge is 0.248 e. The summed E-state index contributed by atoms with van der Waals surface area (Å²) in [4.78, 5) is 12.4. The van der Waals surface area contributed by atoms with Crippen LogP contribution < -0.4 is 14.8 Å². The second-order valence-electron chi connectivity index (χ2n) is 5.99. The lowest BCUT2D eigenvalue weighted by Gasteiger charge is -2.21. The number of rotatable bonds is 6. The molecule has 2 aromatic rings. The van der Waals surface area contributed by atoms with Gasteiger partial charge in [-0.3, -0.25) is 4.79 Å². The Morgan fingerprint density at radius 2 is 1.93 bits per heavy atom. The van der Waals surface area contributed by atoms with E-state index in [1.807, 2.05) is 0 Å². The van der Waals surface area contributed by atoms with Crippen LogP contribution in [0.5, 0.6) is 11.5 Å². The molecule has 0 radical (unpaired) electrons. The number of hydrogen-bond donors (Lipinski definition) is 1. The van der Waals surface area contributed by atoms with Crippen molar-refractivity contribution < 1.29 is 27.2 Å². The standard InChI is InChI=1S/C17H21N3O6S/c1-4-20(27(22,23)17-11(2)19-26-12(17)3)10-16(21)18-13-5-6-14-15(9-13)25-8-7-24-14/h5-6,9H,4,7-8,10H2,1-3H3,(H,18,21). The van der Waals surface area contributed by atoms with Gasteiger partial charge in [-0.25, -0.2) is 8.42 Å². The molecule has 1 aliphatic heterocycles. The lowest BCUT2D eigenvalue weighted by molar-refractivity contribution is -0.116. The van der Waals surface area contributed by atoms with E-state index in [4.69, 9.17) is 14.0 Å². The first-order chi connectivity index (χ1) is 12.8. The van der Waals surface area contributed by atoms with Crippen LogP contribution in [0.4, 0.5) is 5.69 Å². The molecule has 1 aromatic carbocycles. The lowest BCUT2D eigenvalue weighted by atomic mass is 10.2. The normalized spacial score (nSPS) is 13.6. The zero-order chi connectivity index (χ0) is 19.6. The van der Waals surface area contributed by atoms with E-state index in [1.54, 1.807) is 32.0 Å². The summed E-state index contributed by atoms with van der Waals surface area (Å²) < 4.78 is 42.6. The maximum atomic E-state index is 12.9. The van der Waals surface area contributed by atoms with E-state index in [0.717, 1.165) is 4.31 Å². The van der Waals surface area contributed by atoms with Gasteiger partial charge in [0, 0.05) is 18.3 Å². The highest BCUT2D eigenvalue weighted by Gasteiger charge is 2.31. The van der Waals surface area contributed by atoms with Crippen LogP contribution in [-0.2, 0) is 14.8 Å². The fourth-order valence-electron chi connectivity index (χ4n) is 2.82. The lowest BCUT2D eigenvalue weighted by Crippen LogP contribution is -2.38. The number of sulfonamides is 1. The highest BCUT2D eigenvalue weighted by Crippen LogP contribution is 2.32. The van der Waals surface area contributed by atoms with Crippen LogP contribution in [0.3, 0.4) is 0 Å². The summed E-state index contributed by atoms with van der Waals surface area (Å²) in [7, 11) is -3.90. The zero-order valence-electron chi connectivity index (χ0n) is 15.3. The highest BCUT2D eigenvalue weighted by atomic mass is 32.2. The molecule has 9 nitrogen and oxygen atoms in total. The van der Waals surface area contributed by atoms with E-state index in [9.17, 15) is 13.2 Å². The number of nitrogens with one attached hydrogen (secondary N) is 1. The quantitative estimate of drug-likeness (QED) is 0.792. The van der Waals surface area contributed by atoms with E-state index in [2.05, 4.69) is 10.5 Å². The van der Waals surface area contributed by atoms with Crippen molar-refractivity contribution in [2.45, 2.75) is 25.7 Å². The maximum Gasteiger partial charge on any atom is 0.248 e. The number of likely N-dealkylation sites (N-methyl/N-ethyl adjacent to an activating group) is 1. The van der Waals surface area contributed by atoms with Crippen LogP contribution in [0.25, 0.3) is 0 Å². The summed E-state index contributed by atoms with van der Waals surface area (Å²) in [5, 5.41) is 6.36. The van der Waals surface area contributed by atoms with Gasteiger partial charge >= 0.3 is 0 Å². The Bertz CT molecular complexity index is 934. The fourth-order valence-corrected chi connectivity index (χ4v) is 4.52. The summed E-state index contributed by atoms with van der Waals surface area (Å²) in [5.74, 6) is 0.868. The minimum Gasteiger partial charge on any atom is -0.486 e. The molecular weight excluding hydrogens is 374 g/mol. The third-order valence-corrected chi connectivity index (χ3v) is 6.23. The van der Waals surface area contributed by atoms with Crippen molar-refractivity contribution in [3.8, 4) is 11.5 Å². The van der Waals surface area contributed by atoms with Gasteiger partial charge in [0.15, 0.2) is 17.3 Å².